The van der Waals surface area contributed by atoms with Crippen LogP contribution in [0.4, 0.5) is 4.79 Å². The maximum absolute atomic E-state index is 11.6. The predicted molar refractivity (Wildman–Crippen MR) is 68.1 cm³/mol. The molecular formula is C12H21N3O4. The van der Waals surface area contributed by atoms with E-state index in [1.54, 1.807) is 13.8 Å². The molecule has 0 aromatic heterocycles. The van der Waals surface area contributed by atoms with Crippen LogP contribution in [0.25, 0.3) is 0 Å². The van der Waals surface area contributed by atoms with Crippen LogP contribution in [-0.4, -0.2) is 48.5 Å². The van der Waals surface area contributed by atoms with Gasteiger partial charge in [-0.15, -0.1) is 0 Å². The third-order valence-corrected chi connectivity index (χ3v) is 3.32. The summed E-state index contributed by atoms with van der Waals surface area (Å²) in [6, 6.07) is -1.28. The highest BCUT2D eigenvalue weighted by Gasteiger charge is 2.30. The summed E-state index contributed by atoms with van der Waals surface area (Å²) >= 11 is 0. The summed E-state index contributed by atoms with van der Waals surface area (Å²) in [4.78, 5) is 35.7. The zero-order valence-electron chi connectivity index (χ0n) is 11.3. The molecule has 1 aliphatic rings. The molecule has 0 aromatic rings. The number of hydrogen-bond acceptors (Lipinski definition) is 5. The lowest BCUT2D eigenvalue weighted by Gasteiger charge is -2.34. The van der Waals surface area contributed by atoms with Crippen LogP contribution in [0.3, 0.4) is 0 Å². The van der Waals surface area contributed by atoms with E-state index < -0.39 is 18.0 Å². The number of rotatable bonds is 4. The van der Waals surface area contributed by atoms with E-state index in [0.29, 0.717) is 32.5 Å². The molecule has 0 spiro atoms. The molecule has 3 amide bonds. The molecule has 108 valence electrons. The van der Waals surface area contributed by atoms with Gasteiger partial charge in [-0.1, -0.05) is 0 Å². The number of nitrogens with two attached hydrogens (primary N) is 1. The lowest BCUT2D eigenvalue weighted by Crippen LogP contribution is -2.51. The molecule has 1 saturated heterocycles. The van der Waals surface area contributed by atoms with Gasteiger partial charge in [0.15, 0.2) is 0 Å². The summed E-state index contributed by atoms with van der Waals surface area (Å²) in [6.07, 6.45) is 1.32. The first-order valence-electron chi connectivity index (χ1n) is 6.46. The van der Waals surface area contributed by atoms with Gasteiger partial charge in [0.05, 0.1) is 18.6 Å². The summed E-state index contributed by atoms with van der Waals surface area (Å²) in [6.45, 7) is 5.12. The molecule has 0 aliphatic carbocycles. The molecule has 1 fully saturated rings. The lowest BCUT2D eigenvalue weighted by molar-refractivity contribution is -0.149. The molecule has 3 N–H and O–H groups in total. The van der Waals surface area contributed by atoms with Crippen molar-refractivity contribution in [2.45, 2.75) is 32.7 Å². The highest BCUT2D eigenvalue weighted by atomic mass is 16.5. The fourth-order valence-electron chi connectivity index (χ4n) is 2.17. The Morgan fingerprint density at radius 1 is 1.37 bits per heavy atom. The van der Waals surface area contributed by atoms with Gasteiger partial charge in [0.1, 0.15) is 0 Å². The standard InChI is InChI=1S/C12H21N3O4/c1-3-19-11(17)9-4-6-15(7-5-9)8(2)10(16)14-12(13)18/h8-9H,3-7H2,1-2H3,(H3,13,14,16,18). The minimum absolute atomic E-state index is 0.0948. The van der Waals surface area contributed by atoms with E-state index in [0.717, 1.165) is 0 Å². The molecule has 7 nitrogen and oxygen atoms in total. The number of imide groups is 1. The highest BCUT2D eigenvalue weighted by Crippen LogP contribution is 2.20. The van der Waals surface area contributed by atoms with Crippen molar-refractivity contribution in [3.63, 3.8) is 0 Å². The van der Waals surface area contributed by atoms with E-state index in [1.165, 1.54) is 0 Å². The highest BCUT2D eigenvalue weighted by molar-refractivity contribution is 5.96. The number of piperidine rings is 1. The van der Waals surface area contributed by atoms with Gasteiger partial charge in [0.25, 0.3) is 0 Å². The quantitative estimate of drug-likeness (QED) is 0.692. The molecule has 1 rings (SSSR count). The minimum atomic E-state index is -0.849. The number of carbonyl (C=O) groups is 3. The Bertz CT molecular complexity index is 351. The molecule has 1 atom stereocenters. The Morgan fingerprint density at radius 2 is 1.95 bits per heavy atom. The van der Waals surface area contributed by atoms with Gasteiger partial charge in [-0.25, -0.2) is 4.79 Å². The Labute approximate surface area is 112 Å². The minimum Gasteiger partial charge on any atom is -0.466 e. The normalized spacial score (nSPS) is 18.6. The van der Waals surface area contributed by atoms with Gasteiger partial charge in [-0.3, -0.25) is 19.8 Å². The average molecular weight is 271 g/mol. The number of carbonyl (C=O) groups excluding carboxylic acids is 3. The van der Waals surface area contributed by atoms with E-state index in [-0.39, 0.29) is 11.9 Å². The van der Waals surface area contributed by atoms with E-state index in [4.69, 9.17) is 10.5 Å². The van der Waals surface area contributed by atoms with E-state index >= 15 is 0 Å². The Balaban J connectivity index is 2.42. The van der Waals surface area contributed by atoms with Crippen LogP contribution in [0.1, 0.15) is 26.7 Å². The number of likely N-dealkylation sites (tertiary alicyclic amines) is 1. The fourth-order valence-corrected chi connectivity index (χ4v) is 2.17. The first kappa shape index (κ1) is 15.4. The third-order valence-electron chi connectivity index (χ3n) is 3.32. The number of esters is 1. The van der Waals surface area contributed by atoms with Crippen LogP contribution in [0.2, 0.25) is 0 Å². The van der Waals surface area contributed by atoms with Crippen molar-refractivity contribution in [3.8, 4) is 0 Å². The van der Waals surface area contributed by atoms with Crippen LogP contribution in [0.15, 0.2) is 0 Å². The summed E-state index contributed by atoms with van der Waals surface area (Å²) in [5.41, 5.74) is 4.91. The largest absolute Gasteiger partial charge is 0.466 e. The van der Waals surface area contributed by atoms with Crippen molar-refractivity contribution in [3.05, 3.63) is 0 Å². The van der Waals surface area contributed by atoms with Crippen LogP contribution in [0.5, 0.6) is 0 Å². The molecule has 1 aliphatic heterocycles. The molecule has 1 unspecified atom stereocenters. The maximum Gasteiger partial charge on any atom is 0.318 e. The Kier molecular flexibility index (Phi) is 5.75. The maximum atomic E-state index is 11.6. The van der Waals surface area contributed by atoms with Crippen molar-refractivity contribution in [2.24, 2.45) is 11.7 Å². The number of amides is 3. The van der Waals surface area contributed by atoms with Crippen molar-refractivity contribution in [1.29, 1.82) is 0 Å². The smallest absolute Gasteiger partial charge is 0.318 e. The first-order valence-corrected chi connectivity index (χ1v) is 6.46. The second-order valence-corrected chi connectivity index (χ2v) is 4.59. The molecule has 0 aromatic carbocycles. The molecule has 19 heavy (non-hydrogen) atoms. The van der Waals surface area contributed by atoms with Gasteiger partial charge in [-0.05, 0) is 39.8 Å². The molecule has 0 bridgehead atoms. The molecular weight excluding hydrogens is 250 g/mol. The van der Waals surface area contributed by atoms with Gasteiger partial charge in [-0.2, -0.15) is 0 Å². The van der Waals surface area contributed by atoms with Crippen molar-refractivity contribution < 1.29 is 19.1 Å². The van der Waals surface area contributed by atoms with Crippen LogP contribution < -0.4 is 11.1 Å². The molecule has 0 radical (unpaired) electrons. The first-order chi connectivity index (χ1) is 8.95. The van der Waals surface area contributed by atoms with E-state index in [9.17, 15) is 14.4 Å². The number of hydrogen-bond donors (Lipinski definition) is 2. The van der Waals surface area contributed by atoms with Crippen molar-refractivity contribution >= 4 is 17.9 Å². The van der Waals surface area contributed by atoms with Crippen LogP contribution in [-0.2, 0) is 14.3 Å². The van der Waals surface area contributed by atoms with Gasteiger partial charge >= 0.3 is 12.0 Å². The van der Waals surface area contributed by atoms with Gasteiger partial charge < -0.3 is 10.5 Å². The summed E-state index contributed by atoms with van der Waals surface area (Å²) in [7, 11) is 0. The Hall–Kier alpha value is -1.63. The van der Waals surface area contributed by atoms with Crippen LogP contribution >= 0.6 is 0 Å². The number of nitrogens with zero attached hydrogens (tertiary/aromatic N) is 1. The predicted octanol–water partition coefficient (Wildman–Crippen LogP) is -0.155. The van der Waals surface area contributed by atoms with Crippen molar-refractivity contribution in [2.75, 3.05) is 19.7 Å². The average Bonchev–Trinajstić information content (AvgIpc) is 2.37. The Morgan fingerprint density at radius 3 is 2.42 bits per heavy atom. The second kappa shape index (κ2) is 7.08. The van der Waals surface area contributed by atoms with Gasteiger partial charge in [0.2, 0.25) is 5.91 Å². The van der Waals surface area contributed by atoms with E-state index in [1.807, 2.05) is 4.90 Å². The molecule has 1 heterocycles. The fraction of sp³-hybridized carbons (Fsp3) is 0.750. The lowest BCUT2D eigenvalue weighted by atomic mass is 9.96. The SMILES string of the molecule is CCOC(=O)C1CCN(C(C)C(=O)NC(N)=O)CC1. The number of urea groups is 1. The topological polar surface area (TPSA) is 102 Å². The van der Waals surface area contributed by atoms with Crippen LogP contribution in [0, 0.1) is 5.92 Å². The van der Waals surface area contributed by atoms with E-state index in [2.05, 4.69) is 5.32 Å². The monoisotopic (exact) mass is 271 g/mol. The second-order valence-electron chi connectivity index (χ2n) is 4.59. The number of nitrogens with one attached hydrogen (secondary N) is 1. The summed E-state index contributed by atoms with van der Waals surface area (Å²) in [5, 5.41) is 2.06. The summed E-state index contributed by atoms with van der Waals surface area (Å²) < 4.78 is 4.98. The molecule has 7 heteroatoms. The molecule has 0 saturated carbocycles. The van der Waals surface area contributed by atoms with Crippen molar-refractivity contribution in [1.82, 2.24) is 10.2 Å². The van der Waals surface area contributed by atoms with Gasteiger partial charge in [0, 0.05) is 0 Å². The zero-order valence-corrected chi connectivity index (χ0v) is 11.3. The number of primary amides is 1. The zero-order chi connectivity index (χ0) is 14.4. The third kappa shape index (κ3) is 4.51. The number of ether oxygens (including phenoxy) is 1. The summed E-state index contributed by atoms with van der Waals surface area (Å²) in [5.74, 6) is -0.680.